The first-order valence-electron chi connectivity index (χ1n) is 12.9. The van der Waals surface area contributed by atoms with Gasteiger partial charge in [-0.25, -0.2) is 9.36 Å². The maximum Gasteiger partial charge on any atom is 0.248 e. The average Bonchev–Trinajstić information content (AvgIpc) is 3.23. The van der Waals surface area contributed by atoms with Crippen LogP contribution in [0.15, 0.2) is 48.9 Å². The van der Waals surface area contributed by atoms with Gasteiger partial charge in [-0.2, -0.15) is 5.10 Å². The van der Waals surface area contributed by atoms with E-state index in [9.17, 15) is 14.7 Å². The van der Waals surface area contributed by atoms with Gasteiger partial charge in [-0.3, -0.25) is 9.59 Å². The Hall–Kier alpha value is -3.53. The first kappa shape index (κ1) is 25.1. The number of para-hydroxylation sites is 1. The number of likely N-dealkylation sites (tertiary alicyclic amines) is 1. The van der Waals surface area contributed by atoms with Gasteiger partial charge in [-0.05, 0) is 42.9 Å². The highest BCUT2D eigenvalue weighted by Gasteiger charge is 2.45. The van der Waals surface area contributed by atoms with E-state index in [4.69, 9.17) is 0 Å². The summed E-state index contributed by atoms with van der Waals surface area (Å²) >= 11 is 0. The van der Waals surface area contributed by atoms with E-state index in [1.165, 1.54) is 4.90 Å². The molecule has 2 N–H and O–H groups in total. The third-order valence-electron chi connectivity index (χ3n) is 7.22. The monoisotopic (exact) mass is 505 g/mol. The van der Waals surface area contributed by atoms with Crippen LogP contribution in [-0.4, -0.2) is 65.3 Å². The van der Waals surface area contributed by atoms with Gasteiger partial charge in [0.2, 0.25) is 11.8 Å². The van der Waals surface area contributed by atoms with Crippen LogP contribution in [-0.2, 0) is 9.59 Å². The molecular weight excluding hydrogens is 470 g/mol. The molecule has 1 aliphatic heterocycles. The summed E-state index contributed by atoms with van der Waals surface area (Å²) < 4.78 is 3.40. The number of carbonyl (C=O) groups excluding carboxylic acids is 2. The maximum atomic E-state index is 13.9. The molecule has 5 rings (SSSR count). The summed E-state index contributed by atoms with van der Waals surface area (Å²) in [4.78, 5) is 29.0. The van der Waals surface area contributed by atoms with Crippen LogP contribution in [0.2, 0.25) is 0 Å². The van der Waals surface area contributed by atoms with Crippen molar-refractivity contribution < 1.29 is 14.7 Å². The number of nitrogens with zero attached hydrogens (tertiary/aromatic N) is 6. The Balaban J connectivity index is 1.36. The fraction of sp³-hybridized carbons (Fsp3) is 0.519. The highest BCUT2D eigenvalue weighted by molar-refractivity contribution is 5.90. The zero-order chi connectivity index (χ0) is 26.3. The predicted molar refractivity (Wildman–Crippen MR) is 137 cm³/mol. The minimum atomic E-state index is -0.780. The van der Waals surface area contributed by atoms with Crippen molar-refractivity contribution in [2.75, 3.05) is 6.54 Å². The van der Waals surface area contributed by atoms with Gasteiger partial charge < -0.3 is 15.3 Å². The summed E-state index contributed by atoms with van der Waals surface area (Å²) in [6.45, 7) is 7.94. The minimum Gasteiger partial charge on any atom is -0.391 e. The Morgan fingerprint density at radius 2 is 1.92 bits per heavy atom. The van der Waals surface area contributed by atoms with Crippen molar-refractivity contribution in [2.24, 2.45) is 5.41 Å². The molecule has 1 aromatic carbocycles. The van der Waals surface area contributed by atoms with E-state index in [1.54, 1.807) is 15.6 Å². The van der Waals surface area contributed by atoms with Crippen molar-refractivity contribution in [1.82, 2.24) is 35.0 Å². The quantitative estimate of drug-likeness (QED) is 0.510. The van der Waals surface area contributed by atoms with Crippen LogP contribution in [0.4, 0.5) is 0 Å². The molecule has 10 nitrogen and oxygen atoms in total. The molecule has 3 aromatic rings. The third kappa shape index (κ3) is 5.16. The number of hydrogen-bond acceptors (Lipinski definition) is 6. The molecule has 0 bridgehead atoms. The fourth-order valence-electron chi connectivity index (χ4n) is 5.19. The summed E-state index contributed by atoms with van der Waals surface area (Å²) in [5.41, 5.74) is 2.20. The van der Waals surface area contributed by atoms with Gasteiger partial charge in [0.05, 0.1) is 23.5 Å². The van der Waals surface area contributed by atoms with E-state index in [0.717, 1.165) is 29.8 Å². The second kappa shape index (κ2) is 9.74. The van der Waals surface area contributed by atoms with E-state index in [-0.39, 0.29) is 30.8 Å². The normalized spacial score (nSPS) is 21.6. The first-order valence-corrected chi connectivity index (χ1v) is 12.9. The Morgan fingerprint density at radius 3 is 2.59 bits per heavy atom. The molecule has 1 saturated carbocycles. The number of nitrogens with one attached hydrogen (secondary N) is 1. The van der Waals surface area contributed by atoms with Gasteiger partial charge in [-0.1, -0.05) is 44.2 Å². The van der Waals surface area contributed by atoms with E-state index < -0.39 is 23.6 Å². The molecule has 10 heteroatoms. The zero-order valence-electron chi connectivity index (χ0n) is 21.8. The number of aliphatic hydroxyl groups is 1. The predicted octanol–water partition coefficient (Wildman–Crippen LogP) is 2.77. The van der Waals surface area contributed by atoms with Gasteiger partial charge in [0, 0.05) is 37.5 Å². The van der Waals surface area contributed by atoms with E-state index in [2.05, 4.69) is 20.7 Å². The Kier molecular flexibility index (Phi) is 6.61. The van der Waals surface area contributed by atoms with Crippen LogP contribution in [0.5, 0.6) is 0 Å². The molecule has 2 amide bonds. The molecule has 3 heterocycles. The molecule has 1 saturated heterocycles. The summed E-state index contributed by atoms with van der Waals surface area (Å²) in [6.07, 6.45) is 7.02. The highest BCUT2D eigenvalue weighted by Crippen LogP contribution is 2.40. The minimum absolute atomic E-state index is 0.103. The van der Waals surface area contributed by atoms with Crippen LogP contribution in [0, 0.1) is 5.41 Å². The molecule has 2 aliphatic rings. The Labute approximate surface area is 216 Å². The van der Waals surface area contributed by atoms with Crippen molar-refractivity contribution in [3.63, 3.8) is 0 Å². The van der Waals surface area contributed by atoms with Crippen LogP contribution < -0.4 is 5.32 Å². The number of aromatic nitrogens is 5. The second-order valence-electron chi connectivity index (χ2n) is 11.3. The highest BCUT2D eigenvalue weighted by atomic mass is 16.3. The lowest BCUT2D eigenvalue weighted by molar-refractivity contribution is -0.144. The Bertz CT molecular complexity index is 1260. The lowest BCUT2D eigenvalue weighted by Crippen LogP contribution is -2.50. The standard InChI is InChI=1S/C27H35N7O3/c1-17(20-8-5-6-9-22(20)33-13-7-12-28-33)29-25(36)23-14-19(35)15-32(23)26(37)24(27(2,3)4)34-16-21(30-31-34)18-10-11-18/h5-9,12-13,16-19,23-24,35H,10-11,14-15H2,1-4H3,(H,29,36)/t17?,19-,23+,24-/m1/s1. The van der Waals surface area contributed by atoms with E-state index in [0.29, 0.717) is 5.92 Å². The van der Waals surface area contributed by atoms with Gasteiger partial charge in [0.15, 0.2) is 0 Å². The summed E-state index contributed by atoms with van der Waals surface area (Å²) in [6, 6.07) is 7.82. The number of aliphatic hydroxyl groups excluding tert-OH is 1. The molecule has 2 fully saturated rings. The van der Waals surface area contributed by atoms with Crippen molar-refractivity contribution in [3.8, 4) is 5.69 Å². The third-order valence-corrected chi connectivity index (χ3v) is 7.22. The molecule has 37 heavy (non-hydrogen) atoms. The summed E-state index contributed by atoms with van der Waals surface area (Å²) in [5, 5.41) is 26.5. The van der Waals surface area contributed by atoms with Gasteiger partial charge in [0.1, 0.15) is 12.1 Å². The maximum absolute atomic E-state index is 13.9. The van der Waals surface area contributed by atoms with Gasteiger partial charge >= 0.3 is 0 Å². The van der Waals surface area contributed by atoms with Crippen LogP contribution in [0.25, 0.3) is 5.69 Å². The van der Waals surface area contributed by atoms with Gasteiger partial charge in [0.25, 0.3) is 0 Å². The smallest absolute Gasteiger partial charge is 0.248 e. The first-order chi connectivity index (χ1) is 17.6. The summed E-state index contributed by atoms with van der Waals surface area (Å²) in [5.74, 6) is -0.110. The molecule has 0 spiro atoms. The topological polar surface area (TPSA) is 118 Å². The van der Waals surface area contributed by atoms with Crippen molar-refractivity contribution in [1.29, 1.82) is 0 Å². The van der Waals surface area contributed by atoms with Crippen molar-refractivity contribution in [3.05, 3.63) is 60.2 Å². The SMILES string of the molecule is CC(NC(=O)[C@@H]1C[C@@H](O)CN1C(=O)[C@@H](n1cc(C2CC2)nn1)C(C)(C)C)c1ccccc1-n1cccn1. The molecule has 1 aliphatic carbocycles. The molecule has 0 radical (unpaired) electrons. The summed E-state index contributed by atoms with van der Waals surface area (Å²) in [7, 11) is 0. The van der Waals surface area contributed by atoms with E-state index >= 15 is 0 Å². The number of β-amino-alcohol motifs (C(OH)–C–C–N with tert-alkyl or cyclic N) is 1. The molecular formula is C27H35N7O3. The number of hydrogen-bond donors (Lipinski definition) is 2. The number of rotatable bonds is 7. The van der Waals surface area contributed by atoms with Gasteiger partial charge in [-0.15, -0.1) is 5.10 Å². The van der Waals surface area contributed by atoms with Crippen LogP contribution in [0.1, 0.15) is 76.2 Å². The zero-order valence-corrected chi connectivity index (χ0v) is 21.8. The van der Waals surface area contributed by atoms with Crippen LogP contribution >= 0.6 is 0 Å². The number of benzene rings is 1. The Morgan fingerprint density at radius 1 is 1.16 bits per heavy atom. The van der Waals surface area contributed by atoms with Crippen LogP contribution in [0.3, 0.4) is 0 Å². The number of carbonyl (C=O) groups is 2. The average molecular weight is 506 g/mol. The van der Waals surface area contributed by atoms with Crippen molar-refractivity contribution >= 4 is 11.8 Å². The van der Waals surface area contributed by atoms with E-state index in [1.807, 2.05) is 70.4 Å². The number of amides is 2. The molecule has 2 aromatic heterocycles. The fourth-order valence-corrected chi connectivity index (χ4v) is 5.19. The molecule has 4 atom stereocenters. The molecule has 1 unspecified atom stereocenters. The molecule has 196 valence electrons. The lowest BCUT2D eigenvalue weighted by Gasteiger charge is -2.35. The van der Waals surface area contributed by atoms with Crippen molar-refractivity contribution in [2.45, 2.75) is 77.1 Å². The largest absolute Gasteiger partial charge is 0.391 e. The lowest BCUT2D eigenvalue weighted by atomic mass is 9.85. The second-order valence-corrected chi connectivity index (χ2v) is 11.3.